The molecule has 2 fully saturated rings. The van der Waals surface area contributed by atoms with Gasteiger partial charge in [0.05, 0.1) is 12.2 Å². The predicted molar refractivity (Wildman–Crippen MR) is 157 cm³/mol. The number of nitrogens with zero attached hydrogens (tertiary/aromatic N) is 4. The van der Waals surface area contributed by atoms with E-state index in [1.54, 1.807) is 17.3 Å². The van der Waals surface area contributed by atoms with E-state index in [2.05, 4.69) is 51.2 Å². The SMILES string of the molecule is C=CC(=O)N1CC[C@H]1C(=O)Cc1cccc(CNc2nc(NC3CCOCC3)ncc(C(C)C)cn[nH]2)c1.S. The Bertz CT molecular complexity index is 1200. The molecule has 10 nitrogen and oxygen atoms in total. The van der Waals surface area contributed by atoms with Gasteiger partial charge in [0.25, 0.3) is 0 Å². The van der Waals surface area contributed by atoms with Crippen molar-refractivity contribution in [2.45, 2.75) is 64.1 Å². The molecule has 1 amide bonds. The molecule has 4 rings (SSSR count). The lowest BCUT2D eigenvalue weighted by atomic mass is 9.93. The van der Waals surface area contributed by atoms with Crippen LogP contribution in [-0.4, -0.2) is 68.6 Å². The van der Waals surface area contributed by atoms with Crippen molar-refractivity contribution >= 4 is 37.1 Å². The Morgan fingerprint density at radius 3 is 2.67 bits per heavy atom. The molecule has 2 aromatic rings. The Kier molecular flexibility index (Phi) is 11.3. The smallest absolute Gasteiger partial charge is 0.246 e. The summed E-state index contributed by atoms with van der Waals surface area (Å²) in [5.74, 6) is 1.09. The van der Waals surface area contributed by atoms with E-state index in [0.29, 0.717) is 31.4 Å². The summed E-state index contributed by atoms with van der Waals surface area (Å²) in [6.07, 6.45) is 7.59. The number of anilines is 2. The Hall–Kier alpha value is -3.44. The van der Waals surface area contributed by atoms with Gasteiger partial charge in [-0.25, -0.2) is 10.1 Å². The second kappa shape index (κ2) is 14.6. The van der Waals surface area contributed by atoms with E-state index in [1.165, 1.54) is 6.08 Å². The molecule has 0 saturated carbocycles. The summed E-state index contributed by atoms with van der Waals surface area (Å²) in [7, 11) is 0. The van der Waals surface area contributed by atoms with Crippen molar-refractivity contribution in [2.24, 2.45) is 0 Å². The molecule has 0 radical (unpaired) electrons. The number of benzene rings is 1. The van der Waals surface area contributed by atoms with Gasteiger partial charge >= 0.3 is 0 Å². The van der Waals surface area contributed by atoms with Gasteiger partial charge in [0, 0.05) is 45.0 Å². The zero-order chi connectivity index (χ0) is 26.9. The number of hydrogen-bond acceptors (Lipinski definition) is 8. The number of nitrogens with one attached hydrogen (secondary N) is 3. The van der Waals surface area contributed by atoms with Crippen molar-refractivity contribution in [3.05, 3.63) is 66.0 Å². The highest BCUT2D eigenvalue weighted by Gasteiger charge is 2.35. The molecule has 2 saturated heterocycles. The number of Topliss-reactive ketones (excluding diaryl/α,β-unsaturated/α-hetero) is 1. The minimum absolute atomic E-state index is 0. The van der Waals surface area contributed by atoms with Gasteiger partial charge < -0.3 is 20.3 Å². The van der Waals surface area contributed by atoms with Crippen molar-refractivity contribution in [1.29, 1.82) is 0 Å². The van der Waals surface area contributed by atoms with Crippen molar-refractivity contribution in [3.8, 4) is 0 Å². The van der Waals surface area contributed by atoms with Crippen LogP contribution in [0.15, 0.2) is 49.3 Å². The number of carbonyl (C=O) groups excluding carboxylic acids is 2. The number of carbonyl (C=O) groups is 2. The molecule has 0 aliphatic carbocycles. The largest absolute Gasteiger partial charge is 0.381 e. The molecule has 3 N–H and O–H groups in total. The first kappa shape index (κ1) is 30.1. The highest BCUT2D eigenvalue weighted by Crippen LogP contribution is 2.21. The monoisotopic (exact) mass is 553 g/mol. The second-order valence-corrected chi connectivity index (χ2v) is 9.95. The maximum atomic E-state index is 12.8. The van der Waals surface area contributed by atoms with Crippen LogP contribution < -0.4 is 10.6 Å². The molecule has 0 bridgehead atoms. The van der Waals surface area contributed by atoms with Crippen LogP contribution in [-0.2, 0) is 27.3 Å². The molecular weight excluding hydrogens is 514 g/mol. The lowest BCUT2D eigenvalue weighted by molar-refractivity contribution is -0.142. The lowest BCUT2D eigenvalue weighted by Gasteiger charge is -2.39. The molecular formula is C28H39N7O3S. The molecule has 0 unspecified atom stereocenters. The first-order chi connectivity index (χ1) is 18.4. The molecule has 2 aliphatic heterocycles. The number of amides is 1. The average Bonchev–Trinajstić information content (AvgIpc) is 2.98. The quantitative estimate of drug-likeness (QED) is 0.381. The molecule has 1 aromatic heterocycles. The highest BCUT2D eigenvalue weighted by molar-refractivity contribution is 7.59. The van der Waals surface area contributed by atoms with Gasteiger partial charge in [0.1, 0.15) is 0 Å². The Balaban J connectivity index is 0.00000420. The van der Waals surface area contributed by atoms with Gasteiger partial charge in [-0.05, 0) is 47.9 Å². The van der Waals surface area contributed by atoms with E-state index >= 15 is 0 Å². The molecule has 1 aromatic carbocycles. The van der Waals surface area contributed by atoms with Crippen molar-refractivity contribution in [2.75, 3.05) is 30.4 Å². The fourth-order valence-electron chi connectivity index (χ4n) is 4.43. The summed E-state index contributed by atoms with van der Waals surface area (Å²) < 4.78 is 5.47. The summed E-state index contributed by atoms with van der Waals surface area (Å²) in [5.41, 5.74) is 2.88. The molecule has 210 valence electrons. The summed E-state index contributed by atoms with van der Waals surface area (Å²) in [6.45, 7) is 10.2. The van der Waals surface area contributed by atoms with E-state index in [-0.39, 0.29) is 49.6 Å². The van der Waals surface area contributed by atoms with Crippen LogP contribution in [0.2, 0.25) is 0 Å². The van der Waals surface area contributed by atoms with Gasteiger partial charge in [-0.1, -0.05) is 44.7 Å². The number of aromatic nitrogens is 4. The van der Waals surface area contributed by atoms with Gasteiger partial charge in [0.15, 0.2) is 5.78 Å². The normalized spacial score (nSPS) is 16.9. The fourth-order valence-corrected chi connectivity index (χ4v) is 4.43. The third-order valence-electron chi connectivity index (χ3n) is 6.84. The van der Waals surface area contributed by atoms with Crippen LogP contribution in [0.3, 0.4) is 0 Å². The molecule has 0 spiro atoms. The predicted octanol–water partition coefficient (Wildman–Crippen LogP) is 3.66. The first-order valence-electron chi connectivity index (χ1n) is 13.2. The maximum absolute atomic E-state index is 12.8. The lowest BCUT2D eigenvalue weighted by Crippen LogP contribution is -2.55. The molecule has 11 heteroatoms. The Labute approximate surface area is 236 Å². The van der Waals surface area contributed by atoms with E-state index in [9.17, 15) is 9.59 Å². The summed E-state index contributed by atoms with van der Waals surface area (Å²) >= 11 is 0. The molecule has 2 aliphatic rings. The highest BCUT2D eigenvalue weighted by atomic mass is 32.1. The number of likely N-dealkylation sites (tertiary alicyclic amines) is 1. The van der Waals surface area contributed by atoms with E-state index in [4.69, 9.17) is 4.74 Å². The number of H-pyrrole nitrogens is 1. The zero-order valence-electron chi connectivity index (χ0n) is 22.7. The van der Waals surface area contributed by atoms with Crippen LogP contribution in [0.1, 0.15) is 55.7 Å². The van der Waals surface area contributed by atoms with E-state index < -0.39 is 0 Å². The van der Waals surface area contributed by atoms with Crippen LogP contribution in [0.5, 0.6) is 0 Å². The van der Waals surface area contributed by atoms with E-state index in [0.717, 1.165) is 42.7 Å². The first-order valence-corrected chi connectivity index (χ1v) is 13.2. The molecule has 39 heavy (non-hydrogen) atoms. The number of rotatable bonds is 10. The number of hydrogen-bond donors (Lipinski definition) is 3. The summed E-state index contributed by atoms with van der Waals surface area (Å²) in [6, 6.07) is 7.74. The topological polar surface area (TPSA) is 125 Å². The van der Waals surface area contributed by atoms with Crippen LogP contribution in [0.25, 0.3) is 0 Å². The minimum atomic E-state index is -0.358. The second-order valence-electron chi connectivity index (χ2n) is 9.95. The van der Waals surface area contributed by atoms with Gasteiger partial charge in [0.2, 0.25) is 17.8 Å². The number of aromatic amines is 1. The van der Waals surface area contributed by atoms with Crippen LogP contribution in [0, 0.1) is 0 Å². The van der Waals surface area contributed by atoms with Crippen molar-refractivity contribution in [3.63, 3.8) is 0 Å². The third kappa shape index (κ3) is 8.52. The fraction of sp³-hybridized carbons (Fsp3) is 0.464. The van der Waals surface area contributed by atoms with Crippen molar-refractivity contribution in [1.82, 2.24) is 25.1 Å². The zero-order valence-corrected chi connectivity index (χ0v) is 23.7. The maximum Gasteiger partial charge on any atom is 0.246 e. The minimum Gasteiger partial charge on any atom is -0.381 e. The average molecular weight is 554 g/mol. The number of ether oxygens (including phenoxy) is 1. The van der Waals surface area contributed by atoms with Crippen LogP contribution >= 0.6 is 13.5 Å². The van der Waals surface area contributed by atoms with Crippen molar-refractivity contribution < 1.29 is 14.3 Å². The molecule has 1 atom stereocenters. The summed E-state index contributed by atoms with van der Waals surface area (Å²) in [4.78, 5) is 35.6. The number of ketones is 1. The molecule has 3 heterocycles. The van der Waals surface area contributed by atoms with Gasteiger partial charge in [-0.2, -0.15) is 23.6 Å². The third-order valence-corrected chi connectivity index (χ3v) is 6.84. The van der Waals surface area contributed by atoms with Gasteiger partial charge in [-0.3, -0.25) is 9.59 Å². The van der Waals surface area contributed by atoms with Gasteiger partial charge in [-0.15, -0.1) is 0 Å². The Morgan fingerprint density at radius 2 is 1.97 bits per heavy atom. The van der Waals surface area contributed by atoms with Crippen LogP contribution in [0.4, 0.5) is 11.9 Å². The van der Waals surface area contributed by atoms with E-state index in [1.807, 2.05) is 24.3 Å². The standard InChI is InChI=1S/C28H37N7O3.H2S/c1-4-26(37)35-11-8-24(35)25(36)15-20-6-5-7-21(14-20)16-29-28-33-27(32-23-9-12-38-13-10-23)30-17-22(19(2)3)18-31-34-28;/h4-7,14,17-19,23-24H,1,8-13,15-16H2,2-3H3,(H3,29,30,32,33,34);1H2/t24-;/m0./s1. The summed E-state index contributed by atoms with van der Waals surface area (Å²) in [5, 5.41) is 14.1. The Morgan fingerprint density at radius 1 is 1.21 bits per heavy atom.